The van der Waals surface area contributed by atoms with Gasteiger partial charge in [0.25, 0.3) is 16.8 Å². The van der Waals surface area contributed by atoms with Crippen LogP contribution in [0.15, 0.2) is 29.2 Å². The van der Waals surface area contributed by atoms with Gasteiger partial charge in [-0.15, -0.1) is 0 Å². The number of nitro groups is 1. The van der Waals surface area contributed by atoms with E-state index in [9.17, 15) is 24.5 Å². The molecule has 0 bridgehead atoms. The highest BCUT2D eigenvalue weighted by molar-refractivity contribution is 8.18. The van der Waals surface area contributed by atoms with E-state index in [1.54, 1.807) is 12.1 Å². The van der Waals surface area contributed by atoms with Crippen molar-refractivity contribution < 1.29 is 28.8 Å². The second kappa shape index (κ2) is 8.87. The lowest BCUT2D eigenvalue weighted by atomic mass is 10.2. The highest BCUT2D eigenvalue weighted by Crippen LogP contribution is 2.36. The number of hydrogen-bond acceptors (Lipinski definition) is 8. The van der Waals surface area contributed by atoms with E-state index in [0.29, 0.717) is 17.0 Å². The van der Waals surface area contributed by atoms with Crippen LogP contribution in [0.3, 0.4) is 0 Å². The molecule has 1 unspecified atom stereocenters. The number of esters is 1. The third-order valence-corrected chi connectivity index (χ3v) is 6.01. The van der Waals surface area contributed by atoms with Crippen LogP contribution in [-0.4, -0.2) is 51.8 Å². The van der Waals surface area contributed by atoms with Crippen LogP contribution in [0.4, 0.5) is 10.5 Å². The lowest BCUT2D eigenvalue weighted by molar-refractivity contribution is -0.384. The normalized spacial score (nSPS) is 15.9. The molecular formula is C21H21N3O7S. The molecule has 32 heavy (non-hydrogen) atoms. The molecule has 1 aromatic heterocycles. The molecule has 1 saturated heterocycles. The molecule has 168 valence electrons. The fourth-order valence-corrected chi connectivity index (χ4v) is 4.40. The molecule has 3 rings (SSSR count). The van der Waals surface area contributed by atoms with Crippen molar-refractivity contribution in [2.75, 3.05) is 14.2 Å². The Labute approximate surface area is 187 Å². The zero-order valence-corrected chi connectivity index (χ0v) is 18.9. The summed E-state index contributed by atoms with van der Waals surface area (Å²) in [6, 6.07) is 5.11. The summed E-state index contributed by atoms with van der Waals surface area (Å²) in [6.07, 6.45) is 1.59. The van der Waals surface area contributed by atoms with Crippen LogP contribution < -0.4 is 4.74 Å². The van der Waals surface area contributed by atoms with Gasteiger partial charge in [-0.2, -0.15) is 0 Å². The Kier molecular flexibility index (Phi) is 6.40. The number of thioether (sulfide) groups is 1. The third-order valence-electron chi connectivity index (χ3n) is 5.13. The molecular weight excluding hydrogens is 438 g/mol. The molecule has 10 nitrogen and oxygen atoms in total. The summed E-state index contributed by atoms with van der Waals surface area (Å²) in [5, 5.41) is 10.5. The fourth-order valence-electron chi connectivity index (χ4n) is 3.50. The molecule has 1 aliphatic rings. The number of aromatic nitrogens is 1. The number of aryl methyl sites for hydroxylation is 1. The van der Waals surface area contributed by atoms with E-state index in [2.05, 4.69) is 4.74 Å². The van der Waals surface area contributed by atoms with Gasteiger partial charge in [-0.3, -0.25) is 24.6 Å². The number of carbonyl (C=O) groups is 3. The minimum absolute atomic E-state index is 0.0957. The maximum Gasteiger partial charge on any atom is 0.328 e. The molecule has 1 aliphatic heterocycles. The first kappa shape index (κ1) is 23.1. The number of rotatable bonds is 6. The summed E-state index contributed by atoms with van der Waals surface area (Å²) in [4.78, 5) is 48.5. The highest BCUT2D eigenvalue weighted by Gasteiger charge is 2.41. The number of nitro benzene ring substituents is 1. The number of nitrogens with zero attached hydrogens (tertiary/aromatic N) is 3. The smallest absolute Gasteiger partial charge is 0.328 e. The van der Waals surface area contributed by atoms with Crippen molar-refractivity contribution >= 4 is 40.6 Å². The number of carbonyl (C=O) groups excluding carboxylic acids is 3. The SMILES string of the molecule is COC(=O)C(C)N1C(=O)S/C(=C/c2cc(C)n(-c3ccc([N+](=O)[O-])cc3OC)c2C)C1=O. The zero-order valence-electron chi connectivity index (χ0n) is 18.1. The summed E-state index contributed by atoms with van der Waals surface area (Å²) < 4.78 is 11.8. The zero-order chi connectivity index (χ0) is 23.7. The van der Waals surface area contributed by atoms with E-state index in [4.69, 9.17) is 4.74 Å². The number of ether oxygens (including phenoxy) is 2. The third kappa shape index (κ3) is 3.98. The van der Waals surface area contributed by atoms with E-state index in [1.165, 1.54) is 33.3 Å². The van der Waals surface area contributed by atoms with Gasteiger partial charge in [0.2, 0.25) is 0 Å². The molecule has 11 heteroatoms. The first-order chi connectivity index (χ1) is 15.1. The fraction of sp³-hybridized carbons (Fsp3) is 0.286. The predicted octanol–water partition coefficient (Wildman–Crippen LogP) is 3.61. The Morgan fingerprint density at radius 1 is 1.22 bits per heavy atom. The van der Waals surface area contributed by atoms with Gasteiger partial charge in [0.1, 0.15) is 11.8 Å². The summed E-state index contributed by atoms with van der Waals surface area (Å²) in [7, 11) is 2.62. The Bertz CT molecular complexity index is 1170. The van der Waals surface area contributed by atoms with Crippen LogP contribution in [0.1, 0.15) is 23.9 Å². The molecule has 1 fully saturated rings. The minimum atomic E-state index is -1.03. The summed E-state index contributed by atoms with van der Waals surface area (Å²) >= 11 is 0.747. The summed E-state index contributed by atoms with van der Waals surface area (Å²) in [6.45, 7) is 5.09. The first-order valence-electron chi connectivity index (χ1n) is 9.47. The van der Waals surface area contributed by atoms with Gasteiger partial charge in [0, 0.05) is 17.5 Å². The largest absolute Gasteiger partial charge is 0.494 e. The quantitative estimate of drug-likeness (QED) is 0.278. The Balaban J connectivity index is 2.01. The molecule has 0 aliphatic carbocycles. The molecule has 2 heterocycles. The minimum Gasteiger partial charge on any atom is -0.494 e. The van der Waals surface area contributed by atoms with Gasteiger partial charge in [-0.05, 0) is 56.3 Å². The standard InChI is InChI=1S/C21H21N3O7S/c1-11-8-14(9-18-19(25)23(21(27)32-18)13(3)20(26)31-5)12(2)22(11)16-7-6-15(24(28)29)10-17(16)30-4/h6-10,13H,1-5H3/b18-9+. The number of non-ortho nitro benzene ring substituents is 1. The first-order valence-corrected chi connectivity index (χ1v) is 10.3. The van der Waals surface area contributed by atoms with Gasteiger partial charge < -0.3 is 14.0 Å². The van der Waals surface area contributed by atoms with Crippen LogP contribution in [0, 0.1) is 24.0 Å². The second-order valence-corrected chi connectivity index (χ2v) is 8.02. The highest BCUT2D eigenvalue weighted by atomic mass is 32.2. The van der Waals surface area contributed by atoms with E-state index in [1.807, 2.05) is 24.5 Å². The van der Waals surface area contributed by atoms with Crippen LogP contribution >= 0.6 is 11.8 Å². The van der Waals surface area contributed by atoms with E-state index in [0.717, 1.165) is 28.0 Å². The van der Waals surface area contributed by atoms with Gasteiger partial charge in [-0.1, -0.05) is 0 Å². The van der Waals surface area contributed by atoms with Gasteiger partial charge in [-0.25, -0.2) is 4.79 Å². The van der Waals surface area contributed by atoms with Crippen molar-refractivity contribution in [2.45, 2.75) is 26.8 Å². The second-order valence-electron chi connectivity index (χ2n) is 7.03. The lowest BCUT2D eigenvalue weighted by Gasteiger charge is -2.18. The maximum atomic E-state index is 12.8. The van der Waals surface area contributed by atoms with Gasteiger partial charge in [0.15, 0.2) is 0 Å². The topological polar surface area (TPSA) is 121 Å². The van der Waals surface area contributed by atoms with Crippen LogP contribution in [0.25, 0.3) is 11.8 Å². The maximum absolute atomic E-state index is 12.8. The Morgan fingerprint density at radius 3 is 2.50 bits per heavy atom. The number of benzene rings is 1. The van der Waals surface area contributed by atoms with E-state index >= 15 is 0 Å². The predicted molar refractivity (Wildman–Crippen MR) is 118 cm³/mol. The van der Waals surface area contributed by atoms with Crippen LogP contribution in [0.5, 0.6) is 5.75 Å². The van der Waals surface area contributed by atoms with Crippen LogP contribution in [-0.2, 0) is 14.3 Å². The Morgan fingerprint density at radius 2 is 1.91 bits per heavy atom. The molecule has 0 radical (unpaired) electrons. The van der Waals surface area contributed by atoms with Gasteiger partial charge >= 0.3 is 5.97 Å². The molecule has 0 spiro atoms. The average molecular weight is 459 g/mol. The van der Waals surface area contributed by atoms with Gasteiger partial charge in [0.05, 0.1) is 35.8 Å². The van der Waals surface area contributed by atoms with E-state index in [-0.39, 0.29) is 10.6 Å². The van der Waals surface area contributed by atoms with Crippen LogP contribution in [0.2, 0.25) is 0 Å². The van der Waals surface area contributed by atoms with Crippen molar-refractivity contribution in [1.29, 1.82) is 0 Å². The number of imide groups is 1. The monoisotopic (exact) mass is 459 g/mol. The van der Waals surface area contributed by atoms with Crippen molar-refractivity contribution in [1.82, 2.24) is 9.47 Å². The molecule has 0 N–H and O–H groups in total. The van der Waals surface area contributed by atoms with Crippen molar-refractivity contribution in [2.24, 2.45) is 0 Å². The van der Waals surface area contributed by atoms with Crippen molar-refractivity contribution in [3.8, 4) is 11.4 Å². The molecule has 0 saturated carbocycles. The number of amides is 2. The average Bonchev–Trinajstić information content (AvgIpc) is 3.20. The molecule has 1 aromatic carbocycles. The number of hydrogen-bond donors (Lipinski definition) is 0. The molecule has 2 aromatic rings. The van der Waals surface area contributed by atoms with E-state index < -0.39 is 28.1 Å². The van der Waals surface area contributed by atoms with Crippen molar-refractivity contribution in [3.63, 3.8) is 0 Å². The number of methoxy groups -OCH3 is 2. The molecule has 1 atom stereocenters. The van der Waals surface area contributed by atoms with Crippen molar-refractivity contribution in [3.05, 3.63) is 56.2 Å². The molecule has 2 amide bonds. The Hall–Kier alpha value is -3.60. The summed E-state index contributed by atoms with van der Waals surface area (Å²) in [5.41, 5.74) is 2.71. The lowest BCUT2D eigenvalue weighted by Crippen LogP contribution is -2.42. The summed E-state index contributed by atoms with van der Waals surface area (Å²) in [5.74, 6) is -0.938.